The Morgan fingerprint density at radius 1 is 1.30 bits per heavy atom. The van der Waals surface area contributed by atoms with E-state index in [2.05, 4.69) is 15.6 Å². The molecule has 1 heterocycles. The van der Waals surface area contributed by atoms with Crippen LogP contribution in [0, 0.1) is 18.3 Å². The summed E-state index contributed by atoms with van der Waals surface area (Å²) in [5.41, 5.74) is 1.22. The van der Waals surface area contributed by atoms with Gasteiger partial charge in [-0.2, -0.15) is 5.26 Å². The molecule has 0 atom stereocenters. The monoisotopic (exact) mass is 346 g/mol. The van der Waals surface area contributed by atoms with Crippen molar-refractivity contribution < 1.29 is 4.79 Å². The zero-order valence-electron chi connectivity index (χ0n) is 12.1. The first-order valence-corrected chi connectivity index (χ1v) is 7.31. The first-order chi connectivity index (χ1) is 11.0. The first-order valence-electron chi connectivity index (χ1n) is 6.55. The van der Waals surface area contributed by atoms with Crippen molar-refractivity contribution in [1.29, 1.82) is 5.26 Å². The summed E-state index contributed by atoms with van der Waals surface area (Å²) in [4.78, 5) is 16.2. The molecule has 1 aromatic carbocycles. The van der Waals surface area contributed by atoms with Crippen molar-refractivity contribution in [3.05, 3.63) is 63.9 Å². The predicted octanol–water partition coefficient (Wildman–Crippen LogP) is 4.15. The highest BCUT2D eigenvalue weighted by molar-refractivity contribution is 6.35. The molecule has 0 bridgehead atoms. The van der Waals surface area contributed by atoms with Gasteiger partial charge in [0.1, 0.15) is 17.5 Å². The fraction of sp³-hybridized carbons (Fsp3) is 0.0625. The topological polar surface area (TPSA) is 77.8 Å². The number of benzene rings is 1. The van der Waals surface area contributed by atoms with Gasteiger partial charge in [0.25, 0.3) is 5.91 Å². The van der Waals surface area contributed by atoms with Crippen molar-refractivity contribution in [2.24, 2.45) is 0 Å². The molecule has 0 saturated heterocycles. The van der Waals surface area contributed by atoms with E-state index in [0.29, 0.717) is 21.6 Å². The van der Waals surface area contributed by atoms with Gasteiger partial charge in [0, 0.05) is 17.4 Å². The van der Waals surface area contributed by atoms with E-state index in [1.54, 1.807) is 24.4 Å². The number of aromatic nitrogens is 1. The molecule has 7 heteroatoms. The molecule has 1 aromatic heterocycles. The molecule has 0 aliphatic carbocycles. The first kappa shape index (κ1) is 16.8. The Hall–Kier alpha value is -2.55. The fourth-order valence-electron chi connectivity index (χ4n) is 1.63. The Morgan fingerprint density at radius 2 is 2.09 bits per heavy atom. The zero-order chi connectivity index (χ0) is 16.8. The largest absolute Gasteiger partial charge is 0.345 e. The summed E-state index contributed by atoms with van der Waals surface area (Å²) < 4.78 is 0. The van der Waals surface area contributed by atoms with Crippen molar-refractivity contribution in [2.75, 3.05) is 10.6 Å². The van der Waals surface area contributed by atoms with Gasteiger partial charge in [-0.1, -0.05) is 29.3 Å². The number of hydrogen-bond acceptors (Lipinski definition) is 4. The lowest BCUT2D eigenvalue weighted by atomic mass is 10.2. The molecule has 1 amide bonds. The quantitative estimate of drug-likeness (QED) is 0.643. The van der Waals surface area contributed by atoms with Crippen LogP contribution >= 0.6 is 23.2 Å². The molecule has 0 saturated carbocycles. The number of halogens is 2. The summed E-state index contributed by atoms with van der Waals surface area (Å²) in [6.07, 6.45) is 2.96. The van der Waals surface area contributed by atoms with Gasteiger partial charge >= 0.3 is 0 Å². The molecule has 5 nitrogen and oxygen atoms in total. The minimum absolute atomic E-state index is 0.122. The number of amides is 1. The maximum absolute atomic E-state index is 12.1. The molecule has 23 heavy (non-hydrogen) atoms. The summed E-state index contributed by atoms with van der Waals surface area (Å²) in [7, 11) is 0. The number of hydrogen-bond donors (Lipinski definition) is 2. The van der Waals surface area contributed by atoms with Crippen LogP contribution in [-0.4, -0.2) is 10.9 Å². The van der Waals surface area contributed by atoms with E-state index < -0.39 is 5.91 Å². The third-order valence-corrected chi connectivity index (χ3v) is 3.38. The van der Waals surface area contributed by atoms with E-state index >= 15 is 0 Å². The van der Waals surface area contributed by atoms with Crippen LogP contribution in [0.25, 0.3) is 0 Å². The maximum Gasteiger partial charge on any atom is 0.267 e. The number of carbonyl (C=O) groups is 1. The molecule has 2 N–H and O–H groups in total. The van der Waals surface area contributed by atoms with E-state index in [9.17, 15) is 4.79 Å². The second kappa shape index (κ2) is 7.63. The van der Waals surface area contributed by atoms with E-state index in [-0.39, 0.29) is 5.57 Å². The van der Waals surface area contributed by atoms with Crippen molar-refractivity contribution in [3.63, 3.8) is 0 Å². The summed E-state index contributed by atoms with van der Waals surface area (Å²) in [5, 5.41) is 15.2. The number of aryl methyl sites for hydroxylation is 1. The molecule has 2 rings (SSSR count). The van der Waals surface area contributed by atoms with Gasteiger partial charge in [0.2, 0.25) is 0 Å². The summed E-state index contributed by atoms with van der Waals surface area (Å²) in [6.45, 7) is 1.91. The number of rotatable bonds is 4. The SMILES string of the molecule is Cc1ccc(N/C=C(/C#N)C(=O)Nc2cc(Cl)ccc2Cl)nc1. The van der Waals surface area contributed by atoms with Crippen LogP contribution in [-0.2, 0) is 4.79 Å². The molecule has 0 fully saturated rings. The highest BCUT2D eigenvalue weighted by Gasteiger charge is 2.11. The van der Waals surface area contributed by atoms with Gasteiger partial charge in [0.05, 0.1) is 10.7 Å². The smallest absolute Gasteiger partial charge is 0.267 e. The van der Waals surface area contributed by atoms with Crippen LogP contribution in [0.2, 0.25) is 10.0 Å². The number of pyridine rings is 1. The third kappa shape index (κ3) is 4.71. The van der Waals surface area contributed by atoms with Gasteiger partial charge in [0.15, 0.2) is 0 Å². The Balaban J connectivity index is 2.12. The van der Waals surface area contributed by atoms with Crippen molar-refractivity contribution in [2.45, 2.75) is 6.92 Å². The van der Waals surface area contributed by atoms with Gasteiger partial charge in [-0.05, 0) is 36.8 Å². The van der Waals surface area contributed by atoms with E-state index in [1.807, 2.05) is 19.1 Å². The minimum atomic E-state index is -0.601. The van der Waals surface area contributed by atoms with Crippen LogP contribution in [0.3, 0.4) is 0 Å². The summed E-state index contributed by atoms with van der Waals surface area (Å²) in [5.74, 6) is -0.0757. The Bertz CT molecular complexity index is 795. The summed E-state index contributed by atoms with van der Waals surface area (Å²) >= 11 is 11.8. The third-order valence-electron chi connectivity index (χ3n) is 2.82. The van der Waals surface area contributed by atoms with Crippen LogP contribution in [0.1, 0.15) is 5.56 Å². The minimum Gasteiger partial charge on any atom is -0.345 e. The lowest BCUT2D eigenvalue weighted by molar-refractivity contribution is -0.112. The van der Waals surface area contributed by atoms with Gasteiger partial charge in [-0.3, -0.25) is 4.79 Å². The average molecular weight is 347 g/mol. The van der Waals surface area contributed by atoms with Gasteiger partial charge in [-0.15, -0.1) is 0 Å². The molecule has 2 aromatic rings. The van der Waals surface area contributed by atoms with Crippen molar-refractivity contribution >= 4 is 40.6 Å². The second-order valence-electron chi connectivity index (χ2n) is 4.61. The van der Waals surface area contributed by atoms with Gasteiger partial charge in [-0.25, -0.2) is 4.98 Å². The molecule has 0 spiro atoms. The molecule has 116 valence electrons. The predicted molar refractivity (Wildman–Crippen MR) is 91.4 cm³/mol. The molecule has 0 radical (unpaired) electrons. The Kier molecular flexibility index (Phi) is 5.58. The molecule has 0 aliphatic rings. The average Bonchev–Trinajstić information content (AvgIpc) is 2.53. The molecule has 0 aliphatic heterocycles. The Morgan fingerprint density at radius 3 is 2.74 bits per heavy atom. The van der Waals surface area contributed by atoms with E-state index in [4.69, 9.17) is 28.5 Å². The van der Waals surface area contributed by atoms with Crippen LogP contribution in [0.4, 0.5) is 11.5 Å². The zero-order valence-corrected chi connectivity index (χ0v) is 13.6. The molecule has 0 unspecified atom stereocenters. The fourth-order valence-corrected chi connectivity index (χ4v) is 1.97. The number of nitrogens with zero attached hydrogens (tertiary/aromatic N) is 2. The summed E-state index contributed by atoms with van der Waals surface area (Å²) in [6, 6.07) is 10.1. The Labute approximate surface area is 143 Å². The number of carbonyl (C=O) groups excluding carboxylic acids is 1. The van der Waals surface area contributed by atoms with Crippen molar-refractivity contribution in [1.82, 2.24) is 4.98 Å². The highest BCUT2D eigenvalue weighted by Crippen LogP contribution is 2.25. The standard InChI is InChI=1S/C16H12Cl2N4O/c1-10-2-5-15(20-8-10)21-9-11(7-19)16(23)22-14-6-12(17)3-4-13(14)18/h2-6,8-9H,1H3,(H,20,21)(H,22,23)/b11-9-. The highest BCUT2D eigenvalue weighted by atomic mass is 35.5. The number of nitriles is 1. The normalized spacial score (nSPS) is 10.8. The second-order valence-corrected chi connectivity index (χ2v) is 5.46. The lowest BCUT2D eigenvalue weighted by Crippen LogP contribution is -2.15. The number of anilines is 2. The lowest BCUT2D eigenvalue weighted by Gasteiger charge is -2.07. The molecular formula is C16H12Cl2N4O. The van der Waals surface area contributed by atoms with Crippen LogP contribution < -0.4 is 10.6 Å². The molecular weight excluding hydrogens is 335 g/mol. The van der Waals surface area contributed by atoms with Gasteiger partial charge < -0.3 is 10.6 Å². The van der Waals surface area contributed by atoms with Crippen LogP contribution in [0.15, 0.2) is 48.3 Å². The van der Waals surface area contributed by atoms with E-state index in [0.717, 1.165) is 5.56 Å². The van der Waals surface area contributed by atoms with Crippen molar-refractivity contribution in [3.8, 4) is 6.07 Å². The van der Waals surface area contributed by atoms with Crippen LogP contribution in [0.5, 0.6) is 0 Å². The maximum atomic E-state index is 12.1. The van der Waals surface area contributed by atoms with E-state index in [1.165, 1.54) is 12.3 Å². The number of nitrogens with one attached hydrogen (secondary N) is 2.